The summed E-state index contributed by atoms with van der Waals surface area (Å²) in [6, 6.07) is 15.9. The van der Waals surface area contributed by atoms with Crippen LogP contribution in [0.3, 0.4) is 0 Å². The lowest BCUT2D eigenvalue weighted by molar-refractivity contribution is -0.162. The molecule has 2 fully saturated rings. The van der Waals surface area contributed by atoms with Crippen LogP contribution in [0.4, 0.5) is 4.79 Å². The van der Waals surface area contributed by atoms with Crippen molar-refractivity contribution in [3.8, 4) is 11.1 Å². The molecule has 0 heterocycles. The van der Waals surface area contributed by atoms with Gasteiger partial charge in [-0.05, 0) is 59.8 Å². The largest absolute Gasteiger partial charge is 0.479 e. The molecule has 2 atom stereocenters. The Morgan fingerprint density at radius 2 is 1.50 bits per heavy atom. The molecule has 8 heteroatoms. The monoisotopic (exact) mass is 464 g/mol. The number of carboxylic acids is 1. The van der Waals surface area contributed by atoms with E-state index in [1.807, 2.05) is 24.3 Å². The first-order valence-electron chi connectivity index (χ1n) is 11.8. The molecule has 8 nitrogen and oxygen atoms in total. The molecular weight excluding hydrogens is 436 g/mol. The van der Waals surface area contributed by atoms with Crippen LogP contribution in [0.2, 0.25) is 0 Å². The third-order valence-electron chi connectivity index (χ3n) is 6.84. The Kier molecular flexibility index (Phi) is 6.24. The van der Waals surface area contributed by atoms with Gasteiger partial charge in [0.25, 0.3) is 0 Å². The number of amides is 2. The van der Waals surface area contributed by atoms with Gasteiger partial charge in [-0.15, -0.1) is 0 Å². The Morgan fingerprint density at radius 1 is 0.912 bits per heavy atom. The smallest absolute Gasteiger partial charge is 0.407 e. The van der Waals surface area contributed by atoms with Crippen LogP contribution in [-0.2, 0) is 19.2 Å². The average molecular weight is 465 g/mol. The highest BCUT2D eigenvalue weighted by Crippen LogP contribution is 2.44. The van der Waals surface area contributed by atoms with E-state index >= 15 is 0 Å². The third kappa shape index (κ3) is 4.92. The average Bonchev–Trinajstić information content (AvgIpc) is 3.74. The minimum absolute atomic E-state index is 0.00582. The molecule has 2 saturated carbocycles. The second kappa shape index (κ2) is 9.46. The van der Waals surface area contributed by atoms with E-state index in [0.29, 0.717) is 0 Å². The lowest BCUT2D eigenvalue weighted by Gasteiger charge is -2.20. The molecule has 0 aliphatic heterocycles. The fourth-order valence-electron chi connectivity index (χ4n) is 4.74. The first-order chi connectivity index (χ1) is 16.5. The number of aliphatic carboxylic acids is 1. The summed E-state index contributed by atoms with van der Waals surface area (Å²) < 4.78 is 5.61. The predicted molar refractivity (Wildman–Crippen MR) is 123 cm³/mol. The van der Waals surface area contributed by atoms with Crippen molar-refractivity contribution in [1.29, 1.82) is 0 Å². The van der Waals surface area contributed by atoms with Crippen LogP contribution in [-0.4, -0.2) is 41.8 Å². The van der Waals surface area contributed by atoms with Crippen molar-refractivity contribution in [1.82, 2.24) is 10.8 Å². The second-order valence-electron chi connectivity index (χ2n) is 9.36. The van der Waals surface area contributed by atoms with Gasteiger partial charge < -0.3 is 15.2 Å². The molecule has 2 aromatic carbocycles. The van der Waals surface area contributed by atoms with Crippen LogP contribution >= 0.6 is 0 Å². The molecule has 0 aromatic heterocycles. The lowest BCUT2D eigenvalue weighted by atomic mass is 9.98. The van der Waals surface area contributed by atoms with Gasteiger partial charge in [0, 0.05) is 18.4 Å². The van der Waals surface area contributed by atoms with Gasteiger partial charge in [0.05, 0.1) is 0 Å². The van der Waals surface area contributed by atoms with E-state index < -0.39 is 24.1 Å². The summed E-state index contributed by atoms with van der Waals surface area (Å²) in [6.07, 6.45) is 1.81. The summed E-state index contributed by atoms with van der Waals surface area (Å²) in [4.78, 5) is 41.4. The quantitative estimate of drug-likeness (QED) is 0.463. The molecule has 0 bridgehead atoms. The Bertz CT molecular complexity index is 1050. The van der Waals surface area contributed by atoms with E-state index in [2.05, 4.69) is 35.1 Å². The molecular formula is C26H28N2O6. The first kappa shape index (κ1) is 22.4. The number of ether oxygens (including phenoxy) is 1. The van der Waals surface area contributed by atoms with Crippen molar-refractivity contribution in [2.75, 3.05) is 6.61 Å². The highest BCUT2D eigenvalue weighted by atomic mass is 16.7. The molecule has 2 amide bonds. The number of benzene rings is 2. The minimum atomic E-state index is -1.08. The highest BCUT2D eigenvalue weighted by molar-refractivity contribution is 5.80. The summed E-state index contributed by atoms with van der Waals surface area (Å²) in [7, 11) is 0. The van der Waals surface area contributed by atoms with Crippen molar-refractivity contribution in [3.63, 3.8) is 0 Å². The molecule has 5 rings (SSSR count). The highest BCUT2D eigenvalue weighted by Gasteiger charge is 2.39. The van der Waals surface area contributed by atoms with Crippen molar-refractivity contribution < 1.29 is 29.1 Å². The van der Waals surface area contributed by atoms with Crippen molar-refractivity contribution >= 4 is 18.0 Å². The predicted octanol–water partition coefficient (Wildman–Crippen LogP) is 3.60. The van der Waals surface area contributed by atoms with Gasteiger partial charge in [0.1, 0.15) is 6.61 Å². The van der Waals surface area contributed by atoms with Crippen molar-refractivity contribution in [2.24, 2.45) is 11.8 Å². The molecule has 3 aliphatic rings. The summed E-state index contributed by atoms with van der Waals surface area (Å²) in [5.41, 5.74) is 6.84. The number of hydrogen-bond acceptors (Lipinski definition) is 5. The Labute approximate surface area is 197 Å². The maximum Gasteiger partial charge on any atom is 0.407 e. The normalized spacial score (nSPS) is 18.4. The van der Waals surface area contributed by atoms with Crippen LogP contribution in [0, 0.1) is 11.8 Å². The molecule has 178 valence electrons. The zero-order valence-corrected chi connectivity index (χ0v) is 18.7. The molecule has 0 radical (unpaired) electrons. The molecule has 3 N–H and O–H groups in total. The number of fused-ring (bicyclic) bond motifs is 3. The second-order valence-corrected chi connectivity index (χ2v) is 9.36. The van der Waals surface area contributed by atoms with Gasteiger partial charge in [-0.1, -0.05) is 48.5 Å². The molecule has 0 spiro atoms. The lowest BCUT2D eigenvalue weighted by Crippen LogP contribution is -2.42. The minimum Gasteiger partial charge on any atom is -0.479 e. The van der Waals surface area contributed by atoms with E-state index in [0.717, 1.165) is 47.9 Å². The molecule has 3 aliphatic carbocycles. The maximum absolute atomic E-state index is 12.6. The molecule has 34 heavy (non-hydrogen) atoms. The summed E-state index contributed by atoms with van der Waals surface area (Å²) >= 11 is 0. The summed E-state index contributed by atoms with van der Waals surface area (Å²) in [5.74, 6) is -1.44. The van der Waals surface area contributed by atoms with Crippen molar-refractivity contribution in [2.45, 2.75) is 50.2 Å². The Balaban J connectivity index is 1.15. The van der Waals surface area contributed by atoms with E-state index in [9.17, 15) is 19.5 Å². The molecule has 2 aromatic rings. The first-order valence-corrected chi connectivity index (χ1v) is 11.8. The number of hydroxylamine groups is 1. The zero-order valence-electron chi connectivity index (χ0n) is 18.7. The van der Waals surface area contributed by atoms with E-state index in [4.69, 9.17) is 9.57 Å². The molecule has 0 saturated heterocycles. The van der Waals surface area contributed by atoms with Crippen LogP contribution < -0.4 is 10.8 Å². The van der Waals surface area contributed by atoms with Crippen LogP contribution in [0.15, 0.2) is 48.5 Å². The number of alkyl carbamates (subject to hydrolysis) is 1. The van der Waals surface area contributed by atoms with E-state index in [1.165, 1.54) is 0 Å². The number of nitrogens with one attached hydrogen (secondary N) is 2. The van der Waals surface area contributed by atoms with Gasteiger partial charge in [0.15, 0.2) is 6.10 Å². The fraction of sp³-hybridized carbons (Fsp3) is 0.423. The van der Waals surface area contributed by atoms with E-state index in [-0.39, 0.29) is 36.8 Å². The van der Waals surface area contributed by atoms with Gasteiger partial charge in [-0.3, -0.25) is 9.63 Å². The number of hydrogen-bond donors (Lipinski definition) is 3. The van der Waals surface area contributed by atoms with Crippen LogP contribution in [0.5, 0.6) is 0 Å². The standard InChI is InChI=1S/C26H28N2O6/c29-23(28-34-24(25(30)31)16-11-12-16)13-22(15-9-10-15)27-26(32)33-14-21-19-7-3-1-5-17(19)18-6-2-4-8-20(18)21/h1-8,15-16,21-22,24H,9-14H2,(H,27,32)(H,28,29)(H,30,31). The number of carbonyl (C=O) groups is 3. The Hall–Kier alpha value is -3.39. The van der Waals surface area contributed by atoms with Crippen LogP contribution in [0.25, 0.3) is 11.1 Å². The maximum atomic E-state index is 12.6. The van der Waals surface area contributed by atoms with Crippen LogP contribution in [0.1, 0.15) is 49.1 Å². The van der Waals surface area contributed by atoms with Gasteiger partial charge in [0.2, 0.25) is 5.91 Å². The fourth-order valence-corrected chi connectivity index (χ4v) is 4.74. The zero-order chi connectivity index (χ0) is 23.7. The van der Waals surface area contributed by atoms with Gasteiger partial charge in [-0.25, -0.2) is 15.1 Å². The molecule has 2 unspecified atom stereocenters. The topological polar surface area (TPSA) is 114 Å². The van der Waals surface area contributed by atoms with Crippen molar-refractivity contribution in [3.05, 3.63) is 59.7 Å². The number of rotatable bonds is 10. The number of carboxylic acid groups (broad SMARTS) is 1. The summed E-state index contributed by atoms with van der Waals surface area (Å²) in [5, 5.41) is 12.1. The number of carbonyl (C=O) groups excluding carboxylic acids is 2. The van der Waals surface area contributed by atoms with Gasteiger partial charge in [-0.2, -0.15) is 0 Å². The summed E-state index contributed by atoms with van der Waals surface area (Å²) in [6.45, 7) is 0.203. The Morgan fingerprint density at radius 3 is 2.06 bits per heavy atom. The third-order valence-corrected chi connectivity index (χ3v) is 6.84. The SMILES string of the molecule is O=C(CC(NC(=O)OCC1c2ccccc2-c2ccccc21)C1CC1)NOC(C(=O)O)C1CC1. The van der Waals surface area contributed by atoms with Gasteiger partial charge >= 0.3 is 12.1 Å². The van der Waals surface area contributed by atoms with E-state index in [1.54, 1.807) is 0 Å².